The van der Waals surface area contributed by atoms with Crippen molar-refractivity contribution in [3.8, 4) is 0 Å². The Morgan fingerprint density at radius 1 is 1.55 bits per heavy atom. The van der Waals surface area contributed by atoms with Crippen LogP contribution in [0.2, 0.25) is 0 Å². The second-order valence-corrected chi connectivity index (χ2v) is 4.70. The van der Waals surface area contributed by atoms with Crippen LogP contribution in [0.1, 0.15) is 36.0 Å². The third-order valence-corrected chi connectivity index (χ3v) is 3.30. The molecule has 0 aromatic carbocycles. The molecule has 1 aromatic heterocycles. The number of hydrogen-bond acceptors (Lipinski definition) is 5. The van der Waals surface area contributed by atoms with Gasteiger partial charge in [0.05, 0.1) is 11.7 Å². The lowest BCUT2D eigenvalue weighted by Crippen LogP contribution is -2.30. The minimum Gasteiger partial charge on any atom is -0.378 e. The molecule has 1 atom stereocenters. The Bertz CT molecular complexity index is 464. The van der Waals surface area contributed by atoms with Gasteiger partial charge in [0.1, 0.15) is 0 Å². The van der Waals surface area contributed by atoms with Crippen LogP contribution in [-0.4, -0.2) is 30.1 Å². The van der Waals surface area contributed by atoms with Crippen molar-refractivity contribution in [1.82, 2.24) is 10.3 Å². The van der Waals surface area contributed by atoms with Crippen molar-refractivity contribution in [2.45, 2.75) is 31.8 Å². The van der Waals surface area contributed by atoms with Crippen LogP contribution in [0.4, 0.5) is 10.2 Å². The molecule has 0 saturated carbocycles. The second kappa shape index (κ2) is 7.16. The van der Waals surface area contributed by atoms with Crippen molar-refractivity contribution in [3.05, 3.63) is 23.6 Å². The summed E-state index contributed by atoms with van der Waals surface area (Å²) < 4.78 is 19.4. The summed E-state index contributed by atoms with van der Waals surface area (Å²) >= 11 is 0. The van der Waals surface area contributed by atoms with Gasteiger partial charge in [-0.05, 0) is 31.7 Å². The molecular formula is C13H19FN4O2. The van der Waals surface area contributed by atoms with Gasteiger partial charge in [-0.25, -0.2) is 15.2 Å². The highest BCUT2D eigenvalue weighted by Gasteiger charge is 2.17. The van der Waals surface area contributed by atoms with Gasteiger partial charge in [-0.15, -0.1) is 0 Å². The fourth-order valence-electron chi connectivity index (χ4n) is 2.20. The molecule has 1 saturated heterocycles. The number of hydrogen-bond donors (Lipinski definition) is 3. The van der Waals surface area contributed by atoms with Crippen LogP contribution in [-0.2, 0) is 4.74 Å². The lowest BCUT2D eigenvalue weighted by molar-refractivity contribution is 0.0117. The molecule has 2 rings (SSSR count). The summed E-state index contributed by atoms with van der Waals surface area (Å²) in [5.41, 5.74) is 2.04. The number of carbonyl (C=O) groups excluding carboxylic acids is 1. The quantitative estimate of drug-likeness (QED) is 0.557. The van der Waals surface area contributed by atoms with Crippen LogP contribution in [0.15, 0.2) is 12.3 Å². The number of nitrogens with two attached hydrogens (primary N) is 1. The number of nitrogen functional groups attached to an aromatic ring is 1. The first kappa shape index (κ1) is 14.7. The zero-order valence-electron chi connectivity index (χ0n) is 11.2. The molecule has 1 amide bonds. The Labute approximate surface area is 116 Å². The number of hydrazine groups is 1. The Hall–Kier alpha value is -1.73. The first-order chi connectivity index (χ1) is 9.72. The summed E-state index contributed by atoms with van der Waals surface area (Å²) in [5.74, 6) is 3.75. The van der Waals surface area contributed by atoms with Gasteiger partial charge in [-0.2, -0.15) is 0 Å². The topological polar surface area (TPSA) is 89.3 Å². The summed E-state index contributed by atoms with van der Waals surface area (Å²) in [6.45, 7) is 1.24. The maximum Gasteiger partial charge on any atom is 0.254 e. The summed E-state index contributed by atoms with van der Waals surface area (Å²) in [5, 5.41) is 2.68. The van der Waals surface area contributed by atoms with Gasteiger partial charge >= 0.3 is 0 Å². The number of anilines is 1. The van der Waals surface area contributed by atoms with Crippen LogP contribution < -0.4 is 16.6 Å². The number of carbonyl (C=O) groups is 1. The number of rotatable bonds is 5. The van der Waals surface area contributed by atoms with Crippen molar-refractivity contribution >= 4 is 11.7 Å². The zero-order valence-corrected chi connectivity index (χ0v) is 11.2. The van der Waals surface area contributed by atoms with Crippen molar-refractivity contribution in [2.75, 3.05) is 18.6 Å². The number of halogens is 1. The summed E-state index contributed by atoms with van der Waals surface area (Å²) in [6, 6.07) is 1.32. The maximum atomic E-state index is 13.8. The lowest BCUT2D eigenvalue weighted by atomic mass is 10.1. The van der Waals surface area contributed by atoms with Crippen LogP contribution in [0, 0.1) is 5.82 Å². The third kappa shape index (κ3) is 3.64. The van der Waals surface area contributed by atoms with Crippen molar-refractivity contribution < 1.29 is 13.9 Å². The average Bonchev–Trinajstić information content (AvgIpc) is 2.48. The van der Waals surface area contributed by atoms with Gasteiger partial charge in [0.15, 0.2) is 11.6 Å². The van der Waals surface area contributed by atoms with E-state index in [1.807, 2.05) is 0 Å². The van der Waals surface area contributed by atoms with Crippen LogP contribution in [0.5, 0.6) is 0 Å². The molecule has 1 aliphatic rings. The molecule has 4 N–H and O–H groups in total. The van der Waals surface area contributed by atoms with Crippen LogP contribution >= 0.6 is 0 Å². The Balaban J connectivity index is 1.85. The number of pyridine rings is 1. The number of nitrogens with zero attached hydrogens (tertiary/aromatic N) is 1. The van der Waals surface area contributed by atoms with E-state index < -0.39 is 11.7 Å². The Kier molecular flexibility index (Phi) is 5.25. The standard InChI is InChI=1S/C13H19FN4O2/c14-11-10(5-7-16-12(11)18-15)13(19)17-6-4-9-3-1-2-8-20-9/h5,7,9H,1-4,6,8,15H2,(H,16,18)(H,17,19). The van der Waals surface area contributed by atoms with E-state index in [2.05, 4.69) is 15.7 Å². The SMILES string of the molecule is NNc1nccc(C(=O)NCCC2CCCCO2)c1F. The molecule has 110 valence electrons. The molecule has 0 radical (unpaired) electrons. The maximum absolute atomic E-state index is 13.8. The zero-order chi connectivity index (χ0) is 14.4. The second-order valence-electron chi connectivity index (χ2n) is 4.70. The molecule has 1 unspecified atom stereocenters. The fraction of sp³-hybridized carbons (Fsp3) is 0.538. The number of nitrogens with one attached hydrogen (secondary N) is 2. The lowest BCUT2D eigenvalue weighted by Gasteiger charge is -2.22. The smallest absolute Gasteiger partial charge is 0.254 e. The van der Waals surface area contributed by atoms with Gasteiger partial charge in [0.25, 0.3) is 5.91 Å². The molecule has 2 heterocycles. The predicted octanol–water partition coefficient (Wildman–Crippen LogP) is 1.20. The number of ether oxygens (including phenoxy) is 1. The van der Waals surface area contributed by atoms with Gasteiger partial charge in [0, 0.05) is 19.3 Å². The Morgan fingerprint density at radius 3 is 3.10 bits per heavy atom. The molecule has 0 aliphatic carbocycles. The van der Waals surface area contributed by atoms with Gasteiger partial charge in [-0.3, -0.25) is 4.79 Å². The van der Waals surface area contributed by atoms with Gasteiger partial charge in [-0.1, -0.05) is 0 Å². The van der Waals surface area contributed by atoms with E-state index in [-0.39, 0.29) is 17.5 Å². The Morgan fingerprint density at radius 2 is 2.40 bits per heavy atom. The molecule has 7 heteroatoms. The minimum atomic E-state index is -0.749. The van der Waals surface area contributed by atoms with E-state index in [1.54, 1.807) is 0 Å². The monoisotopic (exact) mass is 282 g/mol. The van der Waals surface area contributed by atoms with Crippen LogP contribution in [0.3, 0.4) is 0 Å². The normalized spacial score (nSPS) is 18.6. The molecule has 1 aliphatic heterocycles. The summed E-state index contributed by atoms with van der Waals surface area (Å²) in [4.78, 5) is 15.6. The first-order valence-corrected chi connectivity index (χ1v) is 6.73. The highest BCUT2D eigenvalue weighted by molar-refractivity contribution is 5.95. The summed E-state index contributed by atoms with van der Waals surface area (Å²) in [6.07, 6.45) is 5.52. The molecule has 1 aromatic rings. The van der Waals surface area contributed by atoms with E-state index in [1.165, 1.54) is 12.3 Å². The molecule has 6 nitrogen and oxygen atoms in total. The van der Waals surface area contributed by atoms with E-state index >= 15 is 0 Å². The van der Waals surface area contributed by atoms with E-state index in [0.717, 1.165) is 32.3 Å². The predicted molar refractivity (Wildman–Crippen MR) is 72.5 cm³/mol. The average molecular weight is 282 g/mol. The van der Waals surface area contributed by atoms with Crippen molar-refractivity contribution in [3.63, 3.8) is 0 Å². The summed E-state index contributed by atoms with van der Waals surface area (Å²) in [7, 11) is 0. The molecular weight excluding hydrogens is 263 g/mol. The van der Waals surface area contributed by atoms with Gasteiger partial charge in [0.2, 0.25) is 0 Å². The van der Waals surface area contributed by atoms with Crippen LogP contribution in [0.25, 0.3) is 0 Å². The molecule has 0 bridgehead atoms. The largest absolute Gasteiger partial charge is 0.378 e. The first-order valence-electron chi connectivity index (χ1n) is 6.73. The fourth-order valence-corrected chi connectivity index (χ4v) is 2.20. The molecule has 20 heavy (non-hydrogen) atoms. The van der Waals surface area contributed by atoms with E-state index in [4.69, 9.17) is 10.6 Å². The highest BCUT2D eigenvalue weighted by atomic mass is 19.1. The highest BCUT2D eigenvalue weighted by Crippen LogP contribution is 2.16. The van der Waals surface area contributed by atoms with Crippen molar-refractivity contribution in [1.29, 1.82) is 0 Å². The minimum absolute atomic E-state index is 0.0717. The van der Waals surface area contributed by atoms with Gasteiger partial charge < -0.3 is 15.5 Å². The number of amides is 1. The van der Waals surface area contributed by atoms with E-state index in [0.29, 0.717) is 6.54 Å². The van der Waals surface area contributed by atoms with E-state index in [9.17, 15) is 9.18 Å². The number of aromatic nitrogens is 1. The molecule has 0 spiro atoms. The van der Waals surface area contributed by atoms with Crippen molar-refractivity contribution in [2.24, 2.45) is 5.84 Å². The third-order valence-electron chi connectivity index (χ3n) is 3.30. The molecule has 1 fully saturated rings.